The maximum atomic E-state index is 13.4. The van der Waals surface area contributed by atoms with Gasteiger partial charge in [0.25, 0.3) is 0 Å². The first kappa shape index (κ1) is 20.8. The third-order valence-electron chi connectivity index (χ3n) is 5.97. The fourth-order valence-electron chi connectivity index (χ4n) is 4.55. The molecule has 0 radical (unpaired) electrons. The predicted molar refractivity (Wildman–Crippen MR) is 116 cm³/mol. The van der Waals surface area contributed by atoms with Crippen molar-refractivity contribution in [1.82, 2.24) is 10.3 Å². The van der Waals surface area contributed by atoms with Gasteiger partial charge in [0.1, 0.15) is 11.7 Å². The summed E-state index contributed by atoms with van der Waals surface area (Å²) >= 11 is 0. The number of ether oxygens (including phenoxy) is 2. The van der Waals surface area contributed by atoms with Crippen LogP contribution in [0, 0.1) is 5.92 Å². The number of benzene rings is 1. The lowest BCUT2D eigenvalue weighted by Gasteiger charge is -2.39. The summed E-state index contributed by atoms with van der Waals surface area (Å²) in [7, 11) is 1.63. The minimum absolute atomic E-state index is 0.0204. The third kappa shape index (κ3) is 3.98. The van der Waals surface area contributed by atoms with E-state index in [0.29, 0.717) is 29.8 Å². The van der Waals surface area contributed by atoms with E-state index >= 15 is 0 Å². The van der Waals surface area contributed by atoms with E-state index < -0.39 is 17.8 Å². The summed E-state index contributed by atoms with van der Waals surface area (Å²) in [6, 6.07) is 13.3. The van der Waals surface area contributed by atoms with Crippen LogP contribution in [-0.2, 0) is 14.3 Å². The van der Waals surface area contributed by atoms with Crippen LogP contribution in [0.25, 0.3) is 0 Å². The fraction of sp³-hybridized carbons (Fsp3) is 0.320. The largest absolute Gasteiger partial charge is 0.497 e. The highest BCUT2D eigenvalue weighted by Gasteiger charge is 2.46. The molecule has 0 bridgehead atoms. The first-order valence-electron chi connectivity index (χ1n) is 10.5. The lowest BCUT2D eigenvalue weighted by atomic mass is 9.70. The topological polar surface area (TPSA) is 77.5 Å². The van der Waals surface area contributed by atoms with E-state index in [1.165, 1.54) is 0 Å². The van der Waals surface area contributed by atoms with Gasteiger partial charge in [0.2, 0.25) is 0 Å². The molecule has 2 aliphatic rings. The zero-order valence-corrected chi connectivity index (χ0v) is 17.8. The van der Waals surface area contributed by atoms with Crippen LogP contribution in [0.3, 0.4) is 0 Å². The molecule has 1 aromatic carbocycles. The van der Waals surface area contributed by atoms with Gasteiger partial charge < -0.3 is 14.8 Å². The highest BCUT2D eigenvalue weighted by Crippen LogP contribution is 2.46. The van der Waals surface area contributed by atoms with Crippen LogP contribution in [0.5, 0.6) is 5.75 Å². The maximum absolute atomic E-state index is 13.4. The third-order valence-corrected chi connectivity index (χ3v) is 5.97. The van der Waals surface area contributed by atoms with Crippen molar-refractivity contribution in [3.8, 4) is 5.75 Å². The van der Waals surface area contributed by atoms with Crippen molar-refractivity contribution in [3.05, 3.63) is 83.5 Å². The molecule has 31 heavy (non-hydrogen) atoms. The van der Waals surface area contributed by atoms with E-state index in [0.717, 1.165) is 17.0 Å². The minimum Gasteiger partial charge on any atom is -0.497 e. The Kier molecular flexibility index (Phi) is 5.89. The summed E-state index contributed by atoms with van der Waals surface area (Å²) < 4.78 is 10.6. The standard InChI is InChI=1S/C25H26N2O4/c1-4-31-25(29)22-15(2)27-20-13-17(16-8-10-18(30-3)11-9-16)14-21(28)23(20)24(22)19-7-5-6-12-26-19/h5-12,17,22,24,27H,2,4,13-14H2,1,3H3. The van der Waals surface area contributed by atoms with Crippen molar-refractivity contribution in [2.75, 3.05) is 13.7 Å². The number of nitrogens with one attached hydrogen (secondary N) is 1. The van der Waals surface area contributed by atoms with Crippen LogP contribution in [0.2, 0.25) is 0 Å². The van der Waals surface area contributed by atoms with Crippen molar-refractivity contribution in [3.63, 3.8) is 0 Å². The van der Waals surface area contributed by atoms with Gasteiger partial charge in [-0.1, -0.05) is 24.8 Å². The highest BCUT2D eigenvalue weighted by molar-refractivity contribution is 6.00. The van der Waals surface area contributed by atoms with E-state index in [2.05, 4.69) is 16.9 Å². The Morgan fingerprint density at radius 2 is 1.97 bits per heavy atom. The summed E-state index contributed by atoms with van der Waals surface area (Å²) in [4.78, 5) is 30.7. The van der Waals surface area contributed by atoms with Gasteiger partial charge in [-0.2, -0.15) is 0 Å². The second-order valence-corrected chi connectivity index (χ2v) is 7.81. The molecule has 0 saturated heterocycles. The average Bonchev–Trinajstić information content (AvgIpc) is 2.78. The van der Waals surface area contributed by atoms with Crippen molar-refractivity contribution >= 4 is 11.8 Å². The van der Waals surface area contributed by atoms with Gasteiger partial charge >= 0.3 is 5.97 Å². The molecule has 6 heteroatoms. The summed E-state index contributed by atoms with van der Waals surface area (Å²) in [5.74, 6) is -0.758. The summed E-state index contributed by atoms with van der Waals surface area (Å²) in [6.07, 6.45) is 2.71. The molecule has 2 aromatic rings. The molecule has 4 rings (SSSR count). The van der Waals surface area contributed by atoms with Crippen LogP contribution in [0.1, 0.15) is 42.9 Å². The average molecular weight is 418 g/mol. The molecule has 1 aliphatic carbocycles. The predicted octanol–water partition coefficient (Wildman–Crippen LogP) is 3.87. The number of allylic oxidation sites excluding steroid dienone is 2. The summed E-state index contributed by atoms with van der Waals surface area (Å²) in [5, 5.41) is 3.27. The number of carbonyl (C=O) groups excluding carboxylic acids is 2. The van der Waals surface area contributed by atoms with Gasteiger partial charge in [-0.25, -0.2) is 0 Å². The first-order chi connectivity index (χ1) is 15.0. The Morgan fingerprint density at radius 3 is 2.61 bits per heavy atom. The molecule has 3 atom stereocenters. The Bertz CT molecular complexity index is 1030. The van der Waals surface area contributed by atoms with Crippen molar-refractivity contribution in [2.24, 2.45) is 5.92 Å². The molecular formula is C25H26N2O4. The zero-order chi connectivity index (χ0) is 22.0. The molecule has 3 unspecified atom stereocenters. The SMILES string of the molecule is C=C1NC2=C(C(=O)CC(c3ccc(OC)cc3)C2)C(c2ccccn2)C1C(=O)OCC. The van der Waals surface area contributed by atoms with E-state index in [9.17, 15) is 9.59 Å². The maximum Gasteiger partial charge on any atom is 0.315 e. The Morgan fingerprint density at radius 1 is 1.19 bits per heavy atom. The Balaban J connectivity index is 1.74. The van der Waals surface area contributed by atoms with Crippen molar-refractivity contribution in [1.29, 1.82) is 0 Å². The number of Topliss-reactive ketones (excluding diaryl/α,β-unsaturated/α-hetero) is 1. The molecule has 1 aromatic heterocycles. The molecule has 160 valence electrons. The molecular weight excluding hydrogens is 392 g/mol. The number of rotatable bonds is 5. The lowest BCUT2D eigenvalue weighted by molar-refractivity contribution is -0.147. The second kappa shape index (κ2) is 8.76. The van der Waals surface area contributed by atoms with Gasteiger partial charge in [0, 0.05) is 35.3 Å². The number of esters is 1. The number of hydrogen-bond acceptors (Lipinski definition) is 6. The number of aromatic nitrogens is 1. The lowest BCUT2D eigenvalue weighted by Crippen LogP contribution is -2.42. The smallest absolute Gasteiger partial charge is 0.315 e. The van der Waals surface area contributed by atoms with Crippen molar-refractivity contribution < 1.29 is 19.1 Å². The molecule has 0 fully saturated rings. The van der Waals surface area contributed by atoms with Crippen LogP contribution in [0.15, 0.2) is 72.2 Å². The molecule has 0 amide bonds. The van der Waals surface area contributed by atoms with Crippen LogP contribution >= 0.6 is 0 Å². The van der Waals surface area contributed by atoms with Gasteiger partial charge in [-0.3, -0.25) is 14.6 Å². The summed E-state index contributed by atoms with van der Waals surface area (Å²) in [6.45, 7) is 6.14. The van der Waals surface area contributed by atoms with E-state index in [1.807, 2.05) is 42.5 Å². The number of pyridine rings is 1. The van der Waals surface area contributed by atoms with Crippen molar-refractivity contribution in [2.45, 2.75) is 31.6 Å². The van der Waals surface area contributed by atoms with E-state index in [4.69, 9.17) is 9.47 Å². The number of hydrogen-bond donors (Lipinski definition) is 1. The van der Waals surface area contributed by atoms with Crippen LogP contribution in [0.4, 0.5) is 0 Å². The van der Waals surface area contributed by atoms with Crippen LogP contribution in [-0.4, -0.2) is 30.5 Å². The number of carbonyl (C=O) groups is 2. The molecule has 2 heterocycles. The fourth-order valence-corrected chi connectivity index (χ4v) is 4.55. The van der Waals surface area contributed by atoms with Gasteiger partial charge in [0.15, 0.2) is 5.78 Å². The highest BCUT2D eigenvalue weighted by atomic mass is 16.5. The van der Waals surface area contributed by atoms with E-state index in [1.54, 1.807) is 20.2 Å². The molecule has 1 N–H and O–H groups in total. The zero-order valence-electron chi connectivity index (χ0n) is 17.8. The number of ketones is 1. The van der Waals surface area contributed by atoms with Crippen LogP contribution < -0.4 is 10.1 Å². The summed E-state index contributed by atoms with van der Waals surface area (Å²) in [5.41, 5.74) is 3.73. The van der Waals surface area contributed by atoms with E-state index in [-0.39, 0.29) is 18.3 Å². The normalized spacial score (nSPS) is 23.1. The molecule has 6 nitrogen and oxygen atoms in total. The van der Waals surface area contributed by atoms with Gasteiger partial charge in [0.05, 0.1) is 19.6 Å². The molecule has 1 aliphatic heterocycles. The Hall–Kier alpha value is -3.41. The second-order valence-electron chi connectivity index (χ2n) is 7.81. The van der Waals surface area contributed by atoms with Gasteiger partial charge in [-0.15, -0.1) is 0 Å². The minimum atomic E-state index is -0.699. The number of methoxy groups -OCH3 is 1. The first-order valence-corrected chi connectivity index (χ1v) is 10.5. The quantitative estimate of drug-likeness (QED) is 0.743. The van der Waals surface area contributed by atoms with Gasteiger partial charge in [-0.05, 0) is 49.1 Å². The Labute approximate surface area is 182 Å². The molecule has 0 spiro atoms. The monoisotopic (exact) mass is 418 g/mol. The number of nitrogens with zero attached hydrogens (tertiary/aromatic N) is 1. The molecule has 0 saturated carbocycles.